The number of nitrogens with zero attached hydrogens (tertiary/aromatic N) is 1. The van der Waals surface area contributed by atoms with Gasteiger partial charge in [-0.25, -0.2) is 0 Å². The van der Waals surface area contributed by atoms with E-state index in [1.54, 1.807) is 19.1 Å². The standard InChI is InChI=1S/C13H16ClNO3S/c1-3-15(9(2)8-13(17)18)12(16)7-5-10-4-6-11(14)19-10/h4-7,9H,3,8H2,1-2H3,(H,17,18). The average molecular weight is 302 g/mol. The molecule has 1 N–H and O–H groups in total. The fourth-order valence-corrected chi connectivity index (χ4v) is 2.68. The Morgan fingerprint density at radius 3 is 2.68 bits per heavy atom. The Labute approximate surface area is 121 Å². The maximum atomic E-state index is 12.0. The number of hydrogen-bond donors (Lipinski definition) is 1. The van der Waals surface area contributed by atoms with E-state index in [2.05, 4.69) is 0 Å². The summed E-state index contributed by atoms with van der Waals surface area (Å²) in [5.41, 5.74) is 0. The Hall–Kier alpha value is -1.33. The summed E-state index contributed by atoms with van der Waals surface area (Å²) in [5, 5.41) is 8.75. The second kappa shape index (κ2) is 7.31. The van der Waals surface area contributed by atoms with Crippen molar-refractivity contribution in [1.82, 2.24) is 4.90 Å². The molecule has 0 aliphatic heterocycles. The van der Waals surface area contributed by atoms with Crippen molar-refractivity contribution in [2.75, 3.05) is 6.54 Å². The zero-order valence-corrected chi connectivity index (χ0v) is 12.4. The van der Waals surface area contributed by atoms with E-state index < -0.39 is 5.97 Å². The Kier molecular flexibility index (Phi) is 6.05. The first-order chi connectivity index (χ1) is 8.93. The number of amides is 1. The van der Waals surface area contributed by atoms with Gasteiger partial charge in [-0.15, -0.1) is 11.3 Å². The molecule has 0 fully saturated rings. The minimum atomic E-state index is -0.909. The summed E-state index contributed by atoms with van der Waals surface area (Å²) in [6.07, 6.45) is 3.08. The number of carboxylic acid groups (broad SMARTS) is 1. The van der Waals surface area contributed by atoms with Crippen LogP contribution in [0.5, 0.6) is 0 Å². The van der Waals surface area contributed by atoms with Crippen LogP contribution in [0.25, 0.3) is 6.08 Å². The number of carboxylic acids is 1. The van der Waals surface area contributed by atoms with Gasteiger partial charge in [0.2, 0.25) is 5.91 Å². The van der Waals surface area contributed by atoms with Gasteiger partial charge in [0.1, 0.15) is 0 Å². The summed E-state index contributed by atoms with van der Waals surface area (Å²) in [7, 11) is 0. The van der Waals surface area contributed by atoms with E-state index in [-0.39, 0.29) is 18.4 Å². The van der Waals surface area contributed by atoms with Crippen LogP contribution in [0, 0.1) is 0 Å². The first kappa shape index (κ1) is 15.7. The molecular formula is C13H16ClNO3S. The van der Waals surface area contributed by atoms with Crippen LogP contribution in [0.15, 0.2) is 18.2 Å². The van der Waals surface area contributed by atoms with Crippen LogP contribution < -0.4 is 0 Å². The van der Waals surface area contributed by atoms with Gasteiger partial charge in [-0.2, -0.15) is 0 Å². The summed E-state index contributed by atoms with van der Waals surface area (Å²) >= 11 is 7.18. The van der Waals surface area contributed by atoms with Gasteiger partial charge in [0.15, 0.2) is 0 Å². The molecule has 1 unspecified atom stereocenters. The van der Waals surface area contributed by atoms with E-state index in [0.29, 0.717) is 10.9 Å². The van der Waals surface area contributed by atoms with Gasteiger partial charge in [-0.1, -0.05) is 11.6 Å². The third-order valence-corrected chi connectivity index (χ3v) is 3.81. The second-order valence-electron chi connectivity index (χ2n) is 4.05. The highest BCUT2D eigenvalue weighted by atomic mass is 35.5. The van der Waals surface area contributed by atoms with E-state index in [0.717, 1.165) is 4.88 Å². The van der Waals surface area contributed by atoms with Crippen LogP contribution >= 0.6 is 22.9 Å². The molecule has 0 bridgehead atoms. The lowest BCUT2D eigenvalue weighted by molar-refractivity contribution is -0.139. The number of thiophene rings is 1. The van der Waals surface area contributed by atoms with Gasteiger partial charge >= 0.3 is 5.97 Å². The second-order valence-corrected chi connectivity index (χ2v) is 5.79. The minimum absolute atomic E-state index is 0.0573. The fraction of sp³-hybridized carbons (Fsp3) is 0.385. The molecule has 19 heavy (non-hydrogen) atoms. The zero-order valence-electron chi connectivity index (χ0n) is 10.8. The van der Waals surface area contributed by atoms with Crippen molar-refractivity contribution < 1.29 is 14.7 Å². The molecule has 104 valence electrons. The molecule has 1 heterocycles. The summed E-state index contributed by atoms with van der Waals surface area (Å²) in [6, 6.07) is 3.26. The number of carbonyl (C=O) groups is 2. The third kappa shape index (κ3) is 5.04. The molecular weight excluding hydrogens is 286 g/mol. The Balaban J connectivity index is 2.68. The summed E-state index contributed by atoms with van der Waals surface area (Å²) < 4.78 is 0.665. The summed E-state index contributed by atoms with van der Waals surface area (Å²) in [5.74, 6) is -1.10. The Morgan fingerprint density at radius 2 is 2.21 bits per heavy atom. The highest BCUT2D eigenvalue weighted by molar-refractivity contribution is 7.17. The molecule has 6 heteroatoms. The summed E-state index contributed by atoms with van der Waals surface area (Å²) in [4.78, 5) is 25.1. The lowest BCUT2D eigenvalue weighted by Crippen LogP contribution is -2.38. The molecule has 0 aromatic carbocycles. The van der Waals surface area contributed by atoms with Crippen LogP contribution in [0.1, 0.15) is 25.1 Å². The van der Waals surface area contributed by atoms with Gasteiger partial charge in [-0.3, -0.25) is 9.59 Å². The largest absolute Gasteiger partial charge is 0.481 e. The van der Waals surface area contributed by atoms with Crippen molar-refractivity contribution >= 4 is 40.9 Å². The van der Waals surface area contributed by atoms with Gasteiger partial charge in [-0.05, 0) is 32.1 Å². The van der Waals surface area contributed by atoms with E-state index in [1.807, 2.05) is 13.0 Å². The van der Waals surface area contributed by atoms with Gasteiger partial charge in [0, 0.05) is 23.5 Å². The molecule has 0 saturated heterocycles. The number of halogens is 1. The molecule has 1 atom stereocenters. The lowest BCUT2D eigenvalue weighted by atomic mass is 10.2. The van der Waals surface area contributed by atoms with Crippen molar-refractivity contribution in [3.05, 3.63) is 27.4 Å². The van der Waals surface area contributed by atoms with E-state index in [4.69, 9.17) is 16.7 Å². The molecule has 0 aliphatic rings. The molecule has 0 saturated carbocycles. The Bertz CT molecular complexity index is 484. The van der Waals surface area contributed by atoms with Crippen molar-refractivity contribution in [3.63, 3.8) is 0 Å². The maximum Gasteiger partial charge on any atom is 0.305 e. The number of rotatable bonds is 6. The number of likely N-dealkylation sites (N-methyl/N-ethyl adjacent to an activating group) is 1. The average Bonchev–Trinajstić information content (AvgIpc) is 2.72. The van der Waals surface area contributed by atoms with Crippen LogP contribution in [-0.4, -0.2) is 34.5 Å². The van der Waals surface area contributed by atoms with Crippen LogP contribution in [0.4, 0.5) is 0 Å². The monoisotopic (exact) mass is 301 g/mol. The van der Waals surface area contributed by atoms with Crippen LogP contribution in [0.2, 0.25) is 4.34 Å². The van der Waals surface area contributed by atoms with Crippen molar-refractivity contribution in [2.45, 2.75) is 26.3 Å². The first-order valence-corrected chi connectivity index (χ1v) is 7.09. The SMILES string of the molecule is CCN(C(=O)C=Cc1ccc(Cl)s1)C(C)CC(=O)O. The van der Waals surface area contributed by atoms with Crippen molar-refractivity contribution in [3.8, 4) is 0 Å². The predicted octanol–water partition coefficient (Wildman–Crippen LogP) is 3.13. The zero-order chi connectivity index (χ0) is 14.4. The van der Waals surface area contributed by atoms with E-state index in [1.165, 1.54) is 22.3 Å². The smallest absolute Gasteiger partial charge is 0.305 e. The normalized spacial score (nSPS) is 12.6. The molecule has 1 rings (SSSR count). The van der Waals surface area contributed by atoms with Crippen LogP contribution in [0.3, 0.4) is 0 Å². The van der Waals surface area contributed by atoms with E-state index >= 15 is 0 Å². The molecule has 0 spiro atoms. The molecule has 1 aromatic rings. The van der Waals surface area contributed by atoms with Crippen LogP contribution in [-0.2, 0) is 9.59 Å². The quantitative estimate of drug-likeness (QED) is 0.821. The first-order valence-electron chi connectivity index (χ1n) is 5.89. The minimum Gasteiger partial charge on any atom is -0.481 e. The lowest BCUT2D eigenvalue weighted by Gasteiger charge is -2.25. The molecule has 0 radical (unpaired) electrons. The highest BCUT2D eigenvalue weighted by Gasteiger charge is 2.18. The number of aliphatic carboxylic acids is 1. The molecule has 1 aromatic heterocycles. The number of hydrogen-bond acceptors (Lipinski definition) is 3. The topological polar surface area (TPSA) is 57.6 Å². The molecule has 1 amide bonds. The summed E-state index contributed by atoms with van der Waals surface area (Å²) in [6.45, 7) is 4.03. The third-order valence-electron chi connectivity index (χ3n) is 2.61. The van der Waals surface area contributed by atoms with Gasteiger partial charge < -0.3 is 10.0 Å². The Morgan fingerprint density at radius 1 is 1.53 bits per heavy atom. The maximum absolute atomic E-state index is 12.0. The predicted molar refractivity (Wildman–Crippen MR) is 77.5 cm³/mol. The van der Waals surface area contributed by atoms with E-state index in [9.17, 15) is 9.59 Å². The van der Waals surface area contributed by atoms with Crippen molar-refractivity contribution in [2.24, 2.45) is 0 Å². The number of carbonyl (C=O) groups excluding carboxylic acids is 1. The van der Waals surface area contributed by atoms with Gasteiger partial charge in [0.25, 0.3) is 0 Å². The van der Waals surface area contributed by atoms with Crippen molar-refractivity contribution in [1.29, 1.82) is 0 Å². The highest BCUT2D eigenvalue weighted by Crippen LogP contribution is 2.22. The molecule has 0 aliphatic carbocycles. The fourth-order valence-electron chi connectivity index (χ4n) is 1.71. The van der Waals surface area contributed by atoms with Gasteiger partial charge in [0.05, 0.1) is 10.8 Å². The molecule has 4 nitrogen and oxygen atoms in total.